The lowest BCUT2D eigenvalue weighted by Gasteiger charge is -2.10. The number of aromatic nitrogens is 4. The van der Waals surface area contributed by atoms with Gasteiger partial charge in [-0.15, -0.1) is 0 Å². The smallest absolute Gasteiger partial charge is 0.159 e. The number of aryl methyl sites for hydroxylation is 2. The summed E-state index contributed by atoms with van der Waals surface area (Å²) in [5.41, 5.74) is 5.74. The van der Waals surface area contributed by atoms with E-state index in [9.17, 15) is 0 Å². The van der Waals surface area contributed by atoms with Crippen LogP contribution in [0.5, 0.6) is 0 Å². The summed E-state index contributed by atoms with van der Waals surface area (Å²) in [6.45, 7) is 1.97. The molecule has 0 aliphatic rings. The van der Waals surface area contributed by atoms with Crippen LogP contribution in [0.15, 0.2) is 94.0 Å². The number of rotatable bonds is 8. The molecule has 36 heavy (non-hydrogen) atoms. The van der Waals surface area contributed by atoms with Crippen LogP contribution in [0, 0.1) is 0 Å². The lowest BCUT2D eigenvalue weighted by molar-refractivity contribution is 0.555. The second kappa shape index (κ2) is 10.2. The molecule has 0 aliphatic carbocycles. The Bertz CT molecular complexity index is 1610. The Morgan fingerprint density at radius 1 is 0.611 bits per heavy atom. The van der Waals surface area contributed by atoms with E-state index in [-0.39, 0.29) is 0 Å². The Morgan fingerprint density at radius 2 is 1.25 bits per heavy atom. The van der Waals surface area contributed by atoms with Crippen molar-refractivity contribution < 1.29 is 0 Å². The maximum Gasteiger partial charge on any atom is 0.159 e. The van der Waals surface area contributed by atoms with Gasteiger partial charge in [0.1, 0.15) is 5.69 Å². The number of hydrogen-bond acceptors (Lipinski definition) is 2. The summed E-state index contributed by atoms with van der Waals surface area (Å²) in [4.78, 5) is 9.45. The van der Waals surface area contributed by atoms with E-state index in [2.05, 4.69) is 101 Å². The maximum atomic E-state index is 4.89. The molecule has 6 heteroatoms. The van der Waals surface area contributed by atoms with Gasteiger partial charge in [-0.05, 0) is 73.5 Å². The highest BCUT2D eigenvalue weighted by Crippen LogP contribution is 2.33. The number of benzene rings is 3. The molecule has 4 nitrogen and oxygen atoms in total. The fourth-order valence-electron chi connectivity index (χ4n) is 5.18. The van der Waals surface area contributed by atoms with Gasteiger partial charge >= 0.3 is 0 Å². The van der Waals surface area contributed by atoms with Crippen molar-refractivity contribution in [2.24, 2.45) is 0 Å². The summed E-state index contributed by atoms with van der Waals surface area (Å²) in [7, 11) is 0. The van der Waals surface area contributed by atoms with Crippen LogP contribution < -0.4 is 0 Å². The Labute approximate surface area is 227 Å². The average Bonchev–Trinajstić information content (AvgIpc) is 3.42. The number of fused-ring (bicyclic) bond motifs is 4. The van der Waals surface area contributed by atoms with Crippen LogP contribution in [0.4, 0.5) is 0 Å². The minimum Gasteiger partial charge on any atom is -0.340 e. The van der Waals surface area contributed by atoms with Crippen LogP contribution >= 0.6 is 31.9 Å². The zero-order valence-corrected chi connectivity index (χ0v) is 23.0. The number of para-hydroxylation sites is 2. The van der Waals surface area contributed by atoms with Crippen LogP contribution in [0.25, 0.3) is 44.4 Å². The van der Waals surface area contributed by atoms with Gasteiger partial charge in [-0.2, -0.15) is 0 Å². The Hall–Kier alpha value is -2.96. The molecule has 0 atom stereocenters. The molecule has 0 unspecified atom stereocenters. The standard InChI is InChI=1S/C30H26Br2N4/c31-21-12-14-27-23(19-21)24-20-22(32)13-15-28(24)35(27)17-7-1-2-8-18-36-29-11-4-3-9-25(29)34-30(36)26-10-5-6-16-33-26/h3-6,9-16,19-20H,1-2,7-8,17-18H2. The molecule has 0 N–H and O–H groups in total. The van der Waals surface area contributed by atoms with Crippen LogP contribution in [-0.2, 0) is 13.1 Å². The third-order valence-corrected chi connectivity index (χ3v) is 7.84. The molecule has 0 aliphatic heterocycles. The third kappa shape index (κ3) is 4.48. The molecule has 6 rings (SSSR count). The van der Waals surface area contributed by atoms with E-state index in [4.69, 9.17) is 4.98 Å². The van der Waals surface area contributed by atoms with Gasteiger partial charge in [0.2, 0.25) is 0 Å². The SMILES string of the molecule is Brc1ccc2c(c1)c1cc(Br)ccc1n2CCCCCCn1c(-c2ccccn2)nc2ccccc21. The predicted octanol–water partition coefficient (Wildman–Crippen LogP) is 8.99. The number of nitrogens with zero attached hydrogens (tertiary/aromatic N) is 4. The second-order valence-corrected chi connectivity index (χ2v) is 11.0. The van der Waals surface area contributed by atoms with Gasteiger partial charge in [0, 0.05) is 50.0 Å². The Balaban J connectivity index is 1.15. The van der Waals surface area contributed by atoms with Gasteiger partial charge in [-0.1, -0.05) is 62.9 Å². The monoisotopic (exact) mass is 600 g/mol. The zero-order chi connectivity index (χ0) is 24.5. The number of unbranched alkanes of at least 4 members (excludes halogenated alkanes) is 3. The van der Waals surface area contributed by atoms with Crippen molar-refractivity contribution in [2.45, 2.75) is 38.8 Å². The first-order chi connectivity index (χ1) is 17.7. The Morgan fingerprint density at radius 3 is 1.92 bits per heavy atom. The summed E-state index contributed by atoms with van der Waals surface area (Å²) in [5, 5.41) is 2.60. The molecule has 0 fully saturated rings. The van der Waals surface area contributed by atoms with Crippen molar-refractivity contribution in [1.29, 1.82) is 0 Å². The average molecular weight is 602 g/mol. The highest BCUT2D eigenvalue weighted by Gasteiger charge is 2.14. The topological polar surface area (TPSA) is 35.6 Å². The molecule has 3 heterocycles. The molecule has 0 spiro atoms. The minimum absolute atomic E-state index is 0.929. The predicted molar refractivity (Wildman–Crippen MR) is 156 cm³/mol. The van der Waals surface area contributed by atoms with Crippen LogP contribution in [0.1, 0.15) is 25.7 Å². The van der Waals surface area contributed by atoms with E-state index < -0.39 is 0 Å². The van der Waals surface area contributed by atoms with Crippen LogP contribution in [0.2, 0.25) is 0 Å². The van der Waals surface area contributed by atoms with Gasteiger partial charge in [0.05, 0.1) is 11.0 Å². The van der Waals surface area contributed by atoms with Gasteiger partial charge in [-0.3, -0.25) is 4.98 Å². The molecule has 6 aromatic rings. The van der Waals surface area contributed by atoms with Gasteiger partial charge in [0.15, 0.2) is 5.82 Å². The lowest BCUT2D eigenvalue weighted by atomic mass is 10.2. The summed E-state index contributed by atoms with van der Waals surface area (Å²) < 4.78 is 7.05. The highest BCUT2D eigenvalue weighted by molar-refractivity contribution is 9.10. The summed E-state index contributed by atoms with van der Waals surface area (Å²) >= 11 is 7.29. The van der Waals surface area contributed by atoms with Crippen molar-refractivity contribution in [3.05, 3.63) is 94.0 Å². The van der Waals surface area contributed by atoms with Crippen molar-refractivity contribution in [3.8, 4) is 11.5 Å². The molecule has 3 aromatic heterocycles. The van der Waals surface area contributed by atoms with E-state index in [0.29, 0.717) is 0 Å². The molecule has 0 bridgehead atoms. The van der Waals surface area contributed by atoms with E-state index in [0.717, 1.165) is 51.9 Å². The van der Waals surface area contributed by atoms with Crippen molar-refractivity contribution >= 4 is 64.7 Å². The first-order valence-corrected chi connectivity index (χ1v) is 14.0. The number of halogens is 2. The van der Waals surface area contributed by atoms with Gasteiger partial charge < -0.3 is 9.13 Å². The lowest BCUT2D eigenvalue weighted by Crippen LogP contribution is -2.02. The van der Waals surface area contributed by atoms with E-state index >= 15 is 0 Å². The molecular formula is C30H26Br2N4. The van der Waals surface area contributed by atoms with Crippen LogP contribution in [0.3, 0.4) is 0 Å². The summed E-state index contributed by atoms with van der Waals surface area (Å²) in [6.07, 6.45) is 6.49. The highest BCUT2D eigenvalue weighted by atomic mass is 79.9. The first-order valence-electron chi connectivity index (χ1n) is 12.4. The number of pyridine rings is 1. The Kier molecular flexibility index (Phi) is 6.63. The summed E-state index contributed by atoms with van der Waals surface area (Å²) in [5.74, 6) is 0.958. The van der Waals surface area contributed by atoms with Crippen LogP contribution in [-0.4, -0.2) is 19.1 Å². The fourth-order valence-corrected chi connectivity index (χ4v) is 5.90. The van der Waals surface area contributed by atoms with Crippen molar-refractivity contribution in [3.63, 3.8) is 0 Å². The second-order valence-electron chi connectivity index (χ2n) is 9.18. The molecule has 0 saturated heterocycles. The minimum atomic E-state index is 0.929. The molecule has 0 saturated carbocycles. The van der Waals surface area contributed by atoms with E-state index in [1.165, 1.54) is 40.2 Å². The number of hydrogen-bond donors (Lipinski definition) is 0. The van der Waals surface area contributed by atoms with Gasteiger partial charge in [-0.25, -0.2) is 4.98 Å². The molecular weight excluding hydrogens is 576 g/mol. The molecule has 0 amide bonds. The van der Waals surface area contributed by atoms with Crippen molar-refractivity contribution in [1.82, 2.24) is 19.1 Å². The molecule has 180 valence electrons. The van der Waals surface area contributed by atoms with Crippen molar-refractivity contribution in [2.75, 3.05) is 0 Å². The summed E-state index contributed by atoms with van der Waals surface area (Å²) in [6, 6.07) is 27.6. The van der Waals surface area contributed by atoms with Gasteiger partial charge in [0.25, 0.3) is 0 Å². The third-order valence-electron chi connectivity index (χ3n) is 6.85. The van der Waals surface area contributed by atoms with E-state index in [1.54, 1.807) is 0 Å². The largest absolute Gasteiger partial charge is 0.340 e. The van der Waals surface area contributed by atoms with E-state index in [1.807, 2.05) is 30.5 Å². The quantitative estimate of drug-likeness (QED) is 0.163. The maximum absolute atomic E-state index is 4.89. The first kappa shape index (κ1) is 23.4. The molecule has 0 radical (unpaired) electrons. The normalized spacial score (nSPS) is 11.7. The zero-order valence-electron chi connectivity index (χ0n) is 19.9. The number of imidazole rings is 1. The molecule has 3 aromatic carbocycles. The fraction of sp³-hybridized carbons (Fsp3) is 0.200.